The Morgan fingerprint density at radius 3 is 2.33 bits per heavy atom. The number of hydrogen-bond acceptors (Lipinski definition) is 4. The summed E-state index contributed by atoms with van der Waals surface area (Å²) < 4.78 is 10.4. The van der Waals surface area contributed by atoms with Crippen molar-refractivity contribution in [1.82, 2.24) is 0 Å². The summed E-state index contributed by atoms with van der Waals surface area (Å²) in [5, 5.41) is 0. The lowest BCUT2D eigenvalue weighted by Crippen LogP contribution is -2.18. The monoisotopic (exact) mass is 284 g/mol. The molecule has 2 aromatic carbocycles. The van der Waals surface area contributed by atoms with Crippen molar-refractivity contribution in [3.8, 4) is 5.75 Å². The van der Waals surface area contributed by atoms with Crippen LogP contribution in [-0.4, -0.2) is 18.9 Å². The number of rotatable bonds is 5. The van der Waals surface area contributed by atoms with E-state index in [0.29, 0.717) is 16.9 Å². The zero-order chi connectivity index (χ0) is 15.2. The summed E-state index contributed by atoms with van der Waals surface area (Å²) in [6, 6.07) is 15.7. The number of methoxy groups -OCH3 is 1. The van der Waals surface area contributed by atoms with Crippen LogP contribution in [0.5, 0.6) is 5.75 Å². The fourth-order valence-corrected chi connectivity index (χ4v) is 2.00. The Labute approximate surface area is 123 Å². The molecule has 0 N–H and O–H groups in total. The molecule has 0 spiro atoms. The molecule has 21 heavy (non-hydrogen) atoms. The van der Waals surface area contributed by atoms with Gasteiger partial charge < -0.3 is 9.47 Å². The minimum atomic E-state index is -0.972. The van der Waals surface area contributed by atoms with Gasteiger partial charge in [-0.15, -0.1) is 0 Å². The first kappa shape index (κ1) is 14.8. The molecule has 1 atom stereocenters. The summed E-state index contributed by atoms with van der Waals surface area (Å²) in [6.45, 7) is 1.28. The van der Waals surface area contributed by atoms with E-state index in [2.05, 4.69) is 0 Å². The highest BCUT2D eigenvalue weighted by Crippen LogP contribution is 2.25. The highest BCUT2D eigenvalue weighted by Gasteiger charge is 2.25. The number of ether oxygens (including phenoxy) is 2. The molecular formula is C17H16O4. The predicted octanol–water partition coefficient (Wildman–Crippen LogP) is 3.18. The fraction of sp³-hybridized carbons (Fsp3) is 0.176. The second-order valence-electron chi connectivity index (χ2n) is 4.50. The maximum atomic E-state index is 12.6. The van der Waals surface area contributed by atoms with Crippen LogP contribution in [0.3, 0.4) is 0 Å². The smallest absolute Gasteiger partial charge is 0.303 e. The largest absolute Gasteiger partial charge is 0.497 e. The molecule has 0 bridgehead atoms. The lowest BCUT2D eigenvalue weighted by Gasteiger charge is -2.17. The van der Waals surface area contributed by atoms with Gasteiger partial charge in [0.1, 0.15) is 5.75 Å². The van der Waals surface area contributed by atoms with E-state index in [1.54, 1.807) is 55.6 Å². The predicted molar refractivity (Wildman–Crippen MR) is 78.3 cm³/mol. The first-order valence-corrected chi connectivity index (χ1v) is 6.52. The molecule has 0 heterocycles. The first-order chi connectivity index (χ1) is 10.1. The molecule has 0 fully saturated rings. The van der Waals surface area contributed by atoms with Gasteiger partial charge >= 0.3 is 5.97 Å². The molecule has 0 aliphatic heterocycles. The topological polar surface area (TPSA) is 52.6 Å². The molecule has 4 nitrogen and oxygen atoms in total. The molecule has 0 saturated heterocycles. The summed E-state index contributed by atoms with van der Waals surface area (Å²) in [5.74, 6) is -0.170. The Hall–Kier alpha value is -2.62. The molecule has 2 rings (SSSR count). The molecule has 0 saturated carbocycles. The second-order valence-corrected chi connectivity index (χ2v) is 4.50. The average Bonchev–Trinajstić information content (AvgIpc) is 2.52. The third-order valence-corrected chi connectivity index (χ3v) is 2.98. The van der Waals surface area contributed by atoms with Crippen LogP contribution in [0.15, 0.2) is 54.6 Å². The molecule has 0 aromatic heterocycles. The van der Waals surface area contributed by atoms with Gasteiger partial charge in [0.15, 0.2) is 6.10 Å². The van der Waals surface area contributed by atoms with Crippen molar-refractivity contribution in [2.45, 2.75) is 13.0 Å². The van der Waals surface area contributed by atoms with Crippen LogP contribution in [0.4, 0.5) is 0 Å². The molecule has 0 aliphatic carbocycles. The van der Waals surface area contributed by atoms with E-state index in [4.69, 9.17) is 9.47 Å². The fourth-order valence-electron chi connectivity index (χ4n) is 2.00. The van der Waals surface area contributed by atoms with Crippen LogP contribution in [0.25, 0.3) is 0 Å². The van der Waals surface area contributed by atoms with Crippen LogP contribution in [0.1, 0.15) is 28.9 Å². The van der Waals surface area contributed by atoms with E-state index in [-0.39, 0.29) is 5.78 Å². The van der Waals surface area contributed by atoms with Crippen LogP contribution in [0.2, 0.25) is 0 Å². The molecule has 4 heteroatoms. The quantitative estimate of drug-likeness (QED) is 0.625. The van der Waals surface area contributed by atoms with Crippen molar-refractivity contribution in [3.63, 3.8) is 0 Å². The summed E-state index contributed by atoms with van der Waals surface area (Å²) in [5.41, 5.74) is 1.07. The normalized spacial score (nSPS) is 11.5. The average molecular weight is 284 g/mol. The van der Waals surface area contributed by atoms with Crippen LogP contribution in [-0.2, 0) is 9.53 Å². The Morgan fingerprint density at radius 1 is 1.00 bits per heavy atom. The van der Waals surface area contributed by atoms with Gasteiger partial charge in [0.25, 0.3) is 0 Å². The maximum Gasteiger partial charge on any atom is 0.303 e. The standard InChI is InChI=1S/C17H16O4/c1-12(18)21-17(14-9-6-10-15(11-14)20-2)16(19)13-7-4-3-5-8-13/h3-11,17H,1-2H3. The van der Waals surface area contributed by atoms with Gasteiger partial charge in [-0.2, -0.15) is 0 Å². The van der Waals surface area contributed by atoms with Crippen molar-refractivity contribution >= 4 is 11.8 Å². The molecule has 1 unspecified atom stereocenters. The number of esters is 1. The van der Waals surface area contributed by atoms with Gasteiger partial charge in [0.2, 0.25) is 5.78 Å². The van der Waals surface area contributed by atoms with Gasteiger partial charge in [-0.25, -0.2) is 0 Å². The van der Waals surface area contributed by atoms with E-state index >= 15 is 0 Å². The van der Waals surface area contributed by atoms with Gasteiger partial charge in [0.05, 0.1) is 7.11 Å². The summed E-state index contributed by atoms with van der Waals surface area (Å²) in [7, 11) is 1.54. The zero-order valence-corrected chi connectivity index (χ0v) is 11.9. The highest BCUT2D eigenvalue weighted by atomic mass is 16.5. The number of ketones is 1. The molecule has 0 radical (unpaired) electrons. The van der Waals surface area contributed by atoms with Crippen molar-refractivity contribution in [2.24, 2.45) is 0 Å². The first-order valence-electron chi connectivity index (χ1n) is 6.52. The van der Waals surface area contributed by atoms with E-state index < -0.39 is 12.1 Å². The van der Waals surface area contributed by atoms with Crippen LogP contribution in [0, 0.1) is 0 Å². The minimum Gasteiger partial charge on any atom is -0.497 e. The van der Waals surface area contributed by atoms with Crippen LogP contribution >= 0.6 is 0 Å². The molecular weight excluding hydrogens is 268 g/mol. The summed E-state index contributed by atoms with van der Waals surface area (Å²) in [6.07, 6.45) is -0.972. The van der Waals surface area contributed by atoms with Gasteiger partial charge in [-0.05, 0) is 12.1 Å². The number of Topliss-reactive ketones (excluding diaryl/α,β-unsaturated/α-hetero) is 1. The lowest BCUT2D eigenvalue weighted by atomic mass is 9.99. The second kappa shape index (κ2) is 6.70. The number of hydrogen-bond donors (Lipinski definition) is 0. The molecule has 0 aliphatic rings. The molecule has 108 valence electrons. The van der Waals surface area contributed by atoms with Gasteiger partial charge in [-0.1, -0.05) is 42.5 Å². The Bertz CT molecular complexity index is 634. The third-order valence-electron chi connectivity index (χ3n) is 2.98. The highest BCUT2D eigenvalue weighted by molar-refractivity contribution is 6.00. The molecule has 2 aromatic rings. The SMILES string of the molecule is COc1cccc(C(OC(C)=O)C(=O)c2ccccc2)c1. The Morgan fingerprint density at radius 2 is 1.71 bits per heavy atom. The zero-order valence-electron chi connectivity index (χ0n) is 11.9. The van der Waals surface area contributed by atoms with Gasteiger partial charge in [0, 0.05) is 18.1 Å². The minimum absolute atomic E-state index is 0.265. The van der Waals surface area contributed by atoms with E-state index in [9.17, 15) is 9.59 Å². The number of carbonyl (C=O) groups is 2. The third kappa shape index (κ3) is 3.69. The number of carbonyl (C=O) groups excluding carboxylic acids is 2. The Kier molecular flexibility index (Phi) is 4.72. The number of benzene rings is 2. The maximum absolute atomic E-state index is 12.6. The summed E-state index contributed by atoms with van der Waals surface area (Å²) in [4.78, 5) is 23.9. The molecule has 0 amide bonds. The van der Waals surface area contributed by atoms with Gasteiger partial charge in [-0.3, -0.25) is 9.59 Å². The van der Waals surface area contributed by atoms with Crippen LogP contribution < -0.4 is 4.74 Å². The van der Waals surface area contributed by atoms with E-state index in [1.807, 2.05) is 6.07 Å². The Balaban J connectivity index is 2.38. The van der Waals surface area contributed by atoms with Crippen molar-refractivity contribution < 1.29 is 19.1 Å². The lowest BCUT2D eigenvalue weighted by molar-refractivity contribution is -0.144. The van der Waals surface area contributed by atoms with Crippen molar-refractivity contribution in [1.29, 1.82) is 0 Å². The van der Waals surface area contributed by atoms with E-state index in [1.165, 1.54) is 6.92 Å². The summed E-state index contributed by atoms with van der Waals surface area (Å²) >= 11 is 0. The van der Waals surface area contributed by atoms with Crippen molar-refractivity contribution in [3.05, 3.63) is 65.7 Å². The van der Waals surface area contributed by atoms with E-state index in [0.717, 1.165) is 0 Å². The van der Waals surface area contributed by atoms with Crippen molar-refractivity contribution in [2.75, 3.05) is 7.11 Å².